The number of rotatable bonds is 6. The standard InChI is InChI=1S/C14H20N6S/c1-4-20(9-11-7-5-6-10(2)16-11)13-8-12(19-15)17-14(18-13)21-3/h5-8H,4,9,15H2,1-3H3,(H,17,18,19). The molecule has 0 saturated carbocycles. The van der Waals surface area contributed by atoms with E-state index < -0.39 is 0 Å². The van der Waals surface area contributed by atoms with Gasteiger partial charge in [0, 0.05) is 18.3 Å². The average Bonchev–Trinajstić information content (AvgIpc) is 2.52. The number of hydrazine groups is 1. The van der Waals surface area contributed by atoms with Crippen molar-refractivity contribution in [1.29, 1.82) is 0 Å². The molecule has 6 nitrogen and oxygen atoms in total. The first kappa shape index (κ1) is 15.5. The lowest BCUT2D eigenvalue weighted by Gasteiger charge is -2.22. The summed E-state index contributed by atoms with van der Waals surface area (Å²) < 4.78 is 0. The van der Waals surface area contributed by atoms with E-state index in [0.717, 1.165) is 23.8 Å². The Morgan fingerprint density at radius 1 is 1.29 bits per heavy atom. The Labute approximate surface area is 129 Å². The largest absolute Gasteiger partial charge is 0.351 e. The van der Waals surface area contributed by atoms with Crippen LogP contribution in [-0.2, 0) is 6.54 Å². The molecule has 0 amide bonds. The van der Waals surface area contributed by atoms with Gasteiger partial charge in [0.1, 0.15) is 11.6 Å². The van der Waals surface area contributed by atoms with Crippen LogP contribution in [0.3, 0.4) is 0 Å². The van der Waals surface area contributed by atoms with Gasteiger partial charge >= 0.3 is 0 Å². The van der Waals surface area contributed by atoms with E-state index in [0.29, 0.717) is 17.5 Å². The predicted octanol–water partition coefficient (Wildman–Crippen LogP) is 2.21. The number of hydrogen-bond acceptors (Lipinski definition) is 7. The summed E-state index contributed by atoms with van der Waals surface area (Å²) >= 11 is 1.49. The first-order valence-electron chi connectivity index (χ1n) is 6.73. The van der Waals surface area contributed by atoms with Gasteiger partial charge in [-0.15, -0.1) is 0 Å². The number of nitrogens with zero attached hydrogens (tertiary/aromatic N) is 4. The van der Waals surface area contributed by atoms with Gasteiger partial charge in [-0.1, -0.05) is 17.8 Å². The predicted molar refractivity (Wildman–Crippen MR) is 87.3 cm³/mol. The highest BCUT2D eigenvalue weighted by atomic mass is 32.2. The maximum atomic E-state index is 5.48. The summed E-state index contributed by atoms with van der Waals surface area (Å²) in [5, 5.41) is 0.691. The summed E-state index contributed by atoms with van der Waals surface area (Å²) in [7, 11) is 0. The van der Waals surface area contributed by atoms with Gasteiger partial charge in [-0.25, -0.2) is 15.8 Å². The molecular weight excluding hydrogens is 284 g/mol. The van der Waals surface area contributed by atoms with Crippen LogP contribution in [0.15, 0.2) is 29.4 Å². The number of aromatic nitrogens is 3. The van der Waals surface area contributed by atoms with E-state index >= 15 is 0 Å². The van der Waals surface area contributed by atoms with Crippen molar-refractivity contribution in [2.24, 2.45) is 5.84 Å². The second-order valence-electron chi connectivity index (χ2n) is 4.53. The second kappa shape index (κ2) is 7.24. The van der Waals surface area contributed by atoms with Crippen LogP contribution in [0.25, 0.3) is 0 Å². The number of pyridine rings is 1. The van der Waals surface area contributed by atoms with Crippen LogP contribution in [0, 0.1) is 6.92 Å². The smallest absolute Gasteiger partial charge is 0.191 e. The van der Waals surface area contributed by atoms with Crippen molar-refractivity contribution in [1.82, 2.24) is 15.0 Å². The maximum absolute atomic E-state index is 5.48. The molecule has 0 atom stereocenters. The van der Waals surface area contributed by atoms with Crippen LogP contribution in [0.1, 0.15) is 18.3 Å². The zero-order valence-electron chi connectivity index (χ0n) is 12.5. The fourth-order valence-corrected chi connectivity index (χ4v) is 2.35. The van der Waals surface area contributed by atoms with Crippen LogP contribution >= 0.6 is 11.8 Å². The molecule has 7 heteroatoms. The second-order valence-corrected chi connectivity index (χ2v) is 5.30. The molecule has 0 aliphatic heterocycles. The van der Waals surface area contributed by atoms with E-state index in [-0.39, 0.29) is 0 Å². The average molecular weight is 304 g/mol. The normalized spacial score (nSPS) is 10.5. The fraction of sp³-hybridized carbons (Fsp3) is 0.357. The lowest BCUT2D eigenvalue weighted by Crippen LogP contribution is -2.24. The highest BCUT2D eigenvalue weighted by Crippen LogP contribution is 2.21. The number of aryl methyl sites for hydroxylation is 1. The van der Waals surface area contributed by atoms with E-state index in [1.54, 1.807) is 0 Å². The molecule has 0 aliphatic rings. The van der Waals surface area contributed by atoms with Gasteiger partial charge in [0.05, 0.1) is 12.2 Å². The molecule has 112 valence electrons. The Morgan fingerprint density at radius 3 is 2.71 bits per heavy atom. The molecule has 0 spiro atoms. The molecule has 0 radical (unpaired) electrons. The van der Waals surface area contributed by atoms with Gasteiger partial charge in [-0.05, 0) is 32.2 Å². The van der Waals surface area contributed by atoms with Crippen molar-refractivity contribution < 1.29 is 0 Å². The van der Waals surface area contributed by atoms with Crippen LogP contribution in [-0.4, -0.2) is 27.8 Å². The summed E-state index contributed by atoms with van der Waals surface area (Å²) in [4.78, 5) is 15.5. The van der Waals surface area contributed by atoms with E-state index in [1.165, 1.54) is 11.8 Å². The summed E-state index contributed by atoms with van der Waals surface area (Å²) in [5.41, 5.74) is 4.62. The summed E-state index contributed by atoms with van der Waals surface area (Å²) in [6, 6.07) is 7.88. The first-order chi connectivity index (χ1) is 10.2. The van der Waals surface area contributed by atoms with Crippen LogP contribution in [0.2, 0.25) is 0 Å². The number of thioether (sulfide) groups is 1. The monoisotopic (exact) mass is 304 g/mol. The van der Waals surface area contributed by atoms with Gasteiger partial charge in [0.25, 0.3) is 0 Å². The van der Waals surface area contributed by atoms with E-state index in [4.69, 9.17) is 5.84 Å². The Bertz CT molecular complexity index is 582. The molecule has 0 bridgehead atoms. The van der Waals surface area contributed by atoms with Crippen molar-refractivity contribution in [3.8, 4) is 0 Å². The third-order valence-electron chi connectivity index (χ3n) is 3.03. The lowest BCUT2D eigenvalue weighted by atomic mass is 10.3. The van der Waals surface area contributed by atoms with Crippen molar-refractivity contribution in [3.05, 3.63) is 35.7 Å². The highest BCUT2D eigenvalue weighted by Gasteiger charge is 2.11. The lowest BCUT2D eigenvalue weighted by molar-refractivity contribution is 0.774. The topological polar surface area (TPSA) is 80.0 Å². The molecule has 0 aliphatic carbocycles. The van der Waals surface area contributed by atoms with Crippen molar-refractivity contribution in [2.45, 2.75) is 25.5 Å². The van der Waals surface area contributed by atoms with Gasteiger partial charge < -0.3 is 10.3 Å². The third-order valence-corrected chi connectivity index (χ3v) is 3.57. The van der Waals surface area contributed by atoms with Gasteiger partial charge in [0.15, 0.2) is 5.16 Å². The highest BCUT2D eigenvalue weighted by molar-refractivity contribution is 7.98. The quantitative estimate of drug-likeness (QED) is 0.366. The molecule has 0 saturated heterocycles. The molecule has 2 aromatic heterocycles. The van der Waals surface area contributed by atoms with E-state index in [9.17, 15) is 0 Å². The molecule has 0 aromatic carbocycles. The minimum Gasteiger partial charge on any atom is -0.351 e. The maximum Gasteiger partial charge on any atom is 0.191 e. The van der Waals surface area contributed by atoms with Gasteiger partial charge in [-0.3, -0.25) is 4.98 Å². The van der Waals surface area contributed by atoms with Crippen LogP contribution in [0.5, 0.6) is 0 Å². The Kier molecular flexibility index (Phi) is 5.35. The summed E-state index contributed by atoms with van der Waals surface area (Å²) in [6.45, 7) is 5.61. The van der Waals surface area contributed by atoms with Crippen molar-refractivity contribution in [2.75, 3.05) is 23.1 Å². The number of nitrogens with two attached hydrogens (primary N) is 1. The Hall–Kier alpha value is -1.86. The van der Waals surface area contributed by atoms with E-state index in [2.05, 4.69) is 32.2 Å². The molecule has 3 N–H and O–H groups in total. The zero-order chi connectivity index (χ0) is 15.2. The molecule has 2 aromatic rings. The number of anilines is 2. The minimum atomic E-state index is 0.611. The van der Waals surface area contributed by atoms with Crippen LogP contribution in [0.4, 0.5) is 11.6 Å². The van der Waals surface area contributed by atoms with Crippen LogP contribution < -0.4 is 16.2 Å². The summed E-state index contributed by atoms with van der Waals surface area (Å²) in [5.74, 6) is 6.93. The minimum absolute atomic E-state index is 0.611. The molecule has 21 heavy (non-hydrogen) atoms. The van der Waals surface area contributed by atoms with Gasteiger partial charge in [-0.2, -0.15) is 0 Å². The molecule has 2 heterocycles. The number of nitrogens with one attached hydrogen (secondary N) is 1. The van der Waals surface area contributed by atoms with E-state index in [1.807, 2.05) is 37.4 Å². The van der Waals surface area contributed by atoms with Crippen molar-refractivity contribution >= 4 is 23.4 Å². The molecular formula is C14H20N6S. The summed E-state index contributed by atoms with van der Waals surface area (Å²) in [6.07, 6.45) is 1.94. The zero-order valence-corrected chi connectivity index (χ0v) is 13.3. The third kappa shape index (κ3) is 4.05. The number of hydrogen-bond donors (Lipinski definition) is 2. The SMILES string of the molecule is CCN(Cc1cccc(C)n1)c1cc(NN)nc(SC)n1. The fourth-order valence-electron chi connectivity index (χ4n) is 1.98. The first-order valence-corrected chi connectivity index (χ1v) is 7.96. The molecule has 0 unspecified atom stereocenters. The molecule has 0 fully saturated rings. The Morgan fingerprint density at radius 2 is 2.10 bits per heavy atom. The Balaban J connectivity index is 2.28. The van der Waals surface area contributed by atoms with Gasteiger partial charge in [0.2, 0.25) is 0 Å². The number of nitrogen functional groups attached to an aromatic ring is 1. The molecule has 2 rings (SSSR count). The van der Waals surface area contributed by atoms with Crippen molar-refractivity contribution in [3.63, 3.8) is 0 Å².